The number of nitrogens with one attached hydrogen (secondary N) is 1. The number of carbonyl (C=O) groups is 1. The van der Waals surface area contributed by atoms with Crippen molar-refractivity contribution in [2.45, 2.75) is 23.5 Å². The number of rotatable bonds is 4. The van der Waals surface area contributed by atoms with E-state index >= 15 is 0 Å². The largest absolute Gasteiger partial charge is 0.478 e. The summed E-state index contributed by atoms with van der Waals surface area (Å²) in [7, 11) is -3.64. The number of nitrogens with zero attached hydrogens (tertiary/aromatic N) is 1. The van der Waals surface area contributed by atoms with E-state index in [0.717, 1.165) is 30.6 Å². The molecule has 2 heterocycles. The minimum Gasteiger partial charge on any atom is -0.478 e. The van der Waals surface area contributed by atoms with Gasteiger partial charge in [0.2, 0.25) is 0 Å². The van der Waals surface area contributed by atoms with Crippen LogP contribution in [0.3, 0.4) is 0 Å². The van der Waals surface area contributed by atoms with E-state index in [9.17, 15) is 13.2 Å². The first-order valence-corrected chi connectivity index (χ1v) is 7.94. The highest BCUT2D eigenvalue weighted by Gasteiger charge is 2.22. The van der Waals surface area contributed by atoms with Crippen molar-refractivity contribution in [3.63, 3.8) is 0 Å². The van der Waals surface area contributed by atoms with Gasteiger partial charge in [-0.1, -0.05) is 6.42 Å². The van der Waals surface area contributed by atoms with Gasteiger partial charge in [-0.15, -0.1) is 16.2 Å². The predicted octanol–water partition coefficient (Wildman–Crippen LogP) is 1.13. The topological polar surface area (TPSA) is 86.7 Å². The van der Waals surface area contributed by atoms with Gasteiger partial charge in [0.15, 0.2) is 0 Å². The lowest BCUT2D eigenvalue weighted by Gasteiger charge is -2.26. The monoisotopic (exact) mass is 290 g/mol. The zero-order valence-corrected chi connectivity index (χ0v) is 11.3. The van der Waals surface area contributed by atoms with Crippen molar-refractivity contribution in [2.24, 2.45) is 0 Å². The minimum atomic E-state index is -3.64. The Hall–Kier alpha value is -0.960. The van der Waals surface area contributed by atoms with E-state index in [4.69, 9.17) is 5.11 Å². The van der Waals surface area contributed by atoms with Gasteiger partial charge in [0.1, 0.15) is 4.21 Å². The van der Waals surface area contributed by atoms with Gasteiger partial charge < -0.3 is 5.11 Å². The van der Waals surface area contributed by atoms with E-state index in [1.54, 1.807) is 5.01 Å². The van der Waals surface area contributed by atoms with Crippen molar-refractivity contribution in [1.29, 1.82) is 0 Å². The Balaban J connectivity index is 2.11. The lowest BCUT2D eigenvalue weighted by atomic mass is 10.2. The molecule has 1 aliphatic heterocycles. The maximum Gasteiger partial charge on any atom is 0.336 e. The second-order valence-corrected chi connectivity index (χ2v) is 6.90. The molecule has 8 heteroatoms. The molecule has 0 radical (unpaired) electrons. The Morgan fingerprint density at radius 2 is 2.00 bits per heavy atom. The van der Waals surface area contributed by atoms with E-state index < -0.39 is 16.0 Å². The van der Waals surface area contributed by atoms with Gasteiger partial charge in [-0.25, -0.2) is 18.2 Å². The molecule has 0 saturated carbocycles. The van der Waals surface area contributed by atoms with Crippen LogP contribution in [0.5, 0.6) is 0 Å². The molecule has 0 unspecified atom stereocenters. The molecule has 1 aromatic rings. The molecule has 0 atom stereocenters. The Bertz CT molecular complexity index is 532. The first kappa shape index (κ1) is 13.5. The summed E-state index contributed by atoms with van der Waals surface area (Å²) in [5, 5.41) is 11.8. The molecule has 2 rings (SSSR count). The summed E-state index contributed by atoms with van der Waals surface area (Å²) in [6.07, 6.45) is 3.04. The van der Waals surface area contributed by atoms with Crippen LogP contribution in [0.2, 0.25) is 0 Å². The lowest BCUT2D eigenvalue weighted by molar-refractivity contribution is 0.0697. The number of hydrogen-bond acceptors (Lipinski definition) is 5. The zero-order chi connectivity index (χ0) is 13.2. The molecule has 0 bridgehead atoms. The fourth-order valence-corrected chi connectivity index (χ4v) is 4.03. The normalized spacial score (nSPS) is 17.8. The summed E-state index contributed by atoms with van der Waals surface area (Å²) in [6.45, 7) is 1.38. The summed E-state index contributed by atoms with van der Waals surface area (Å²) < 4.78 is 24.0. The molecule has 0 aromatic carbocycles. The van der Waals surface area contributed by atoms with Gasteiger partial charge in [-0.2, -0.15) is 0 Å². The first-order chi connectivity index (χ1) is 8.49. The molecule has 0 amide bonds. The van der Waals surface area contributed by atoms with Gasteiger partial charge >= 0.3 is 5.97 Å². The van der Waals surface area contributed by atoms with Crippen LogP contribution in [0.15, 0.2) is 15.7 Å². The van der Waals surface area contributed by atoms with Crippen molar-refractivity contribution in [1.82, 2.24) is 9.84 Å². The number of hydrazine groups is 1. The van der Waals surface area contributed by atoms with E-state index in [1.165, 1.54) is 11.4 Å². The maximum atomic E-state index is 12.0. The van der Waals surface area contributed by atoms with Crippen LogP contribution in [0, 0.1) is 0 Å². The highest BCUT2D eigenvalue weighted by Crippen LogP contribution is 2.20. The fraction of sp³-hybridized carbons (Fsp3) is 0.500. The van der Waals surface area contributed by atoms with Gasteiger partial charge in [-0.3, -0.25) is 0 Å². The van der Waals surface area contributed by atoms with Crippen LogP contribution in [0.4, 0.5) is 0 Å². The second-order valence-electron chi connectivity index (χ2n) is 4.10. The van der Waals surface area contributed by atoms with Crippen LogP contribution in [0.1, 0.15) is 29.6 Å². The number of carboxylic acids is 1. The van der Waals surface area contributed by atoms with Crippen LogP contribution >= 0.6 is 11.3 Å². The average Bonchev–Trinajstić information content (AvgIpc) is 2.79. The molecule has 1 fully saturated rings. The smallest absolute Gasteiger partial charge is 0.336 e. The van der Waals surface area contributed by atoms with E-state index in [-0.39, 0.29) is 9.77 Å². The highest BCUT2D eigenvalue weighted by atomic mass is 32.2. The van der Waals surface area contributed by atoms with E-state index in [2.05, 4.69) is 4.83 Å². The molecule has 2 N–H and O–H groups in total. The van der Waals surface area contributed by atoms with Gasteiger partial charge in [0, 0.05) is 18.5 Å². The van der Waals surface area contributed by atoms with Crippen molar-refractivity contribution in [3.8, 4) is 0 Å². The van der Waals surface area contributed by atoms with E-state index in [0.29, 0.717) is 13.1 Å². The summed E-state index contributed by atoms with van der Waals surface area (Å²) in [5.41, 5.74) is -0.000908. The number of sulfonamides is 1. The van der Waals surface area contributed by atoms with Crippen molar-refractivity contribution in [2.75, 3.05) is 13.1 Å². The Morgan fingerprint density at radius 1 is 1.33 bits per heavy atom. The molecule has 6 nitrogen and oxygen atoms in total. The van der Waals surface area contributed by atoms with Crippen LogP contribution < -0.4 is 4.83 Å². The SMILES string of the molecule is O=C(O)c1csc(S(=O)(=O)NN2CCCCC2)c1. The summed E-state index contributed by atoms with van der Waals surface area (Å²) >= 11 is 0.915. The summed E-state index contributed by atoms with van der Waals surface area (Å²) in [5.74, 6) is -1.12. The van der Waals surface area contributed by atoms with Crippen LogP contribution in [-0.2, 0) is 10.0 Å². The zero-order valence-electron chi connectivity index (χ0n) is 9.63. The first-order valence-electron chi connectivity index (χ1n) is 5.58. The number of thiophene rings is 1. The Morgan fingerprint density at radius 3 is 2.56 bits per heavy atom. The number of carboxylic acid groups (broad SMARTS) is 1. The number of aromatic carboxylic acids is 1. The van der Waals surface area contributed by atoms with Gasteiger partial charge in [0.05, 0.1) is 5.56 Å². The third kappa shape index (κ3) is 3.08. The third-order valence-electron chi connectivity index (χ3n) is 2.69. The predicted molar refractivity (Wildman–Crippen MR) is 67.0 cm³/mol. The number of hydrogen-bond donors (Lipinski definition) is 2. The van der Waals surface area contributed by atoms with Gasteiger partial charge in [-0.05, 0) is 18.9 Å². The molecule has 1 saturated heterocycles. The summed E-state index contributed by atoms with van der Waals surface area (Å²) in [4.78, 5) is 13.2. The van der Waals surface area contributed by atoms with Crippen molar-refractivity contribution >= 4 is 27.3 Å². The molecular formula is C10H14N2O4S2. The average molecular weight is 290 g/mol. The molecular weight excluding hydrogens is 276 g/mol. The molecule has 0 aliphatic carbocycles. The van der Waals surface area contributed by atoms with E-state index in [1.807, 2.05) is 0 Å². The van der Waals surface area contributed by atoms with Crippen molar-refractivity contribution < 1.29 is 18.3 Å². The van der Waals surface area contributed by atoms with Crippen LogP contribution in [0.25, 0.3) is 0 Å². The molecule has 0 spiro atoms. The third-order valence-corrected chi connectivity index (χ3v) is 5.51. The lowest BCUT2D eigenvalue weighted by Crippen LogP contribution is -2.44. The quantitative estimate of drug-likeness (QED) is 0.868. The Labute approximate surface area is 109 Å². The molecule has 1 aliphatic rings. The molecule has 18 heavy (non-hydrogen) atoms. The van der Waals surface area contributed by atoms with Gasteiger partial charge in [0.25, 0.3) is 10.0 Å². The maximum absolute atomic E-state index is 12.0. The minimum absolute atomic E-state index is 0.000908. The molecule has 100 valence electrons. The highest BCUT2D eigenvalue weighted by molar-refractivity contribution is 7.91. The molecule has 1 aromatic heterocycles. The fourth-order valence-electron chi connectivity index (χ4n) is 1.77. The Kier molecular flexibility index (Phi) is 4.00. The summed E-state index contributed by atoms with van der Waals surface area (Å²) in [6, 6.07) is 1.18. The number of piperidine rings is 1. The van der Waals surface area contributed by atoms with Crippen molar-refractivity contribution in [3.05, 3.63) is 17.0 Å². The second kappa shape index (κ2) is 5.35. The standard InChI is InChI=1S/C10H14N2O4S2/c13-10(14)8-6-9(17-7-8)18(15,16)11-12-4-2-1-3-5-12/h6-7,11H,1-5H2,(H,13,14). The van der Waals surface area contributed by atoms with Crippen LogP contribution in [-0.4, -0.2) is 37.6 Å².